The number of primary sulfonamides is 1. The molecule has 0 saturated heterocycles. The molecule has 1 aromatic heterocycles. The summed E-state index contributed by atoms with van der Waals surface area (Å²) >= 11 is 0.720. The van der Waals surface area contributed by atoms with E-state index in [2.05, 4.69) is 5.32 Å². The molecule has 132 valence electrons. The molecule has 23 heavy (non-hydrogen) atoms. The lowest BCUT2D eigenvalue weighted by Gasteiger charge is -2.30. The van der Waals surface area contributed by atoms with Gasteiger partial charge >= 0.3 is 0 Å². The third kappa shape index (κ3) is 3.94. The minimum absolute atomic E-state index is 0.0706. The van der Waals surface area contributed by atoms with Gasteiger partial charge in [0.05, 0.1) is 5.25 Å². The largest absolute Gasteiger partial charge is 0.396 e. The van der Waals surface area contributed by atoms with E-state index in [1.165, 1.54) is 6.07 Å². The van der Waals surface area contributed by atoms with E-state index in [0.717, 1.165) is 17.8 Å². The van der Waals surface area contributed by atoms with Gasteiger partial charge in [0.2, 0.25) is 10.0 Å². The first-order valence-corrected chi connectivity index (χ1v) is 11.4. The molecule has 7 nitrogen and oxygen atoms in total. The fourth-order valence-corrected chi connectivity index (χ4v) is 7.49. The summed E-state index contributed by atoms with van der Waals surface area (Å²) in [6, 6.07) is 1.16. The molecule has 0 bridgehead atoms. The van der Waals surface area contributed by atoms with Crippen molar-refractivity contribution in [3.63, 3.8) is 0 Å². The molecular formula is C13H22N2O5S3. The van der Waals surface area contributed by atoms with E-state index in [4.69, 9.17) is 10.2 Å². The van der Waals surface area contributed by atoms with E-state index < -0.39 is 25.1 Å². The summed E-state index contributed by atoms with van der Waals surface area (Å²) in [7, 11) is -7.54. The number of aliphatic hydroxyl groups is 1. The monoisotopic (exact) mass is 382 g/mol. The number of nitrogens with one attached hydrogen (secondary N) is 1. The highest BCUT2D eigenvalue weighted by Gasteiger charge is 2.41. The molecule has 1 aliphatic rings. The lowest BCUT2D eigenvalue weighted by atomic mass is 10.0. The summed E-state index contributed by atoms with van der Waals surface area (Å²) in [6.45, 7) is 2.64. The molecule has 0 saturated carbocycles. The second kappa shape index (κ2) is 7.16. The van der Waals surface area contributed by atoms with Crippen LogP contribution in [0.2, 0.25) is 0 Å². The summed E-state index contributed by atoms with van der Waals surface area (Å²) in [5, 5.41) is 16.8. The standard InChI is InChI=1S/C13H22N2O5S3/c1-2-5-15-11-7-9(4-3-6-16)22(17,18)13-10(11)8-12(21-13)23(14,19)20/h8-9,11,15-16H,2-7H2,1H3,(H2,14,19,20). The summed E-state index contributed by atoms with van der Waals surface area (Å²) < 4.78 is 48.6. The average molecular weight is 383 g/mol. The number of hydrogen-bond donors (Lipinski definition) is 3. The minimum Gasteiger partial charge on any atom is -0.396 e. The molecule has 2 atom stereocenters. The Morgan fingerprint density at radius 2 is 2.17 bits per heavy atom. The SMILES string of the molecule is CCCNC1CC(CCCO)S(=O)(=O)c2sc(S(N)(=O)=O)cc21. The Labute approximate surface area is 140 Å². The molecule has 0 fully saturated rings. The van der Waals surface area contributed by atoms with Crippen LogP contribution in [-0.4, -0.2) is 40.3 Å². The maximum absolute atomic E-state index is 12.7. The van der Waals surface area contributed by atoms with Crippen LogP contribution in [0.1, 0.15) is 44.2 Å². The second-order valence-electron chi connectivity index (χ2n) is 5.63. The number of rotatable bonds is 7. The number of nitrogens with two attached hydrogens (primary N) is 1. The van der Waals surface area contributed by atoms with Crippen molar-refractivity contribution in [2.75, 3.05) is 13.2 Å². The summed E-state index contributed by atoms with van der Waals surface area (Å²) in [5.41, 5.74) is 0.493. The van der Waals surface area contributed by atoms with Crippen molar-refractivity contribution in [3.8, 4) is 0 Å². The van der Waals surface area contributed by atoms with Crippen LogP contribution >= 0.6 is 11.3 Å². The Hall–Kier alpha value is -0.520. The van der Waals surface area contributed by atoms with E-state index in [1.807, 2.05) is 6.92 Å². The van der Waals surface area contributed by atoms with Crippen molar-refractivity contribution in [1.82, 2.24) is 5.32 Å². The van der Waals surface area contributed by atoms with Crippen LogP contribution in [0.25, 0.3) is 0 Å². The lowest BCUT2D eigenvalue weighted by molar-refractivity contribution is 0.280. The van der Waals surface area contributed by atoms with E-state index in [-0.39, 0.29) is 21.1 Å². The first-order chi connectivity index (χ1) is 10.7. The minimum atomic E-state index is -3.94. The number of sulfonamides is 1. The van der Waals surface area contributed by atoms with E-state index in [9.17, 15) is 16.8 Å². The van der Waals surface area contributed by atoms with Crippen molar-refractivity contribution in [2.24, 2.45) is 5.14 Å². The Balaban J connectivity index is 2.49. The highest BCUT2D eigenvalue weighted by atomic mass is 32.3. The van der Waals surface area contributed by atoms with Gasteiger partial charge in [-0.15, -0.1) is 11.3 Å². The average Bonchev–Trinajstić information content (AvgIpc) is 2.92. The summed E-state index contributed by atoms with van der Waals surface area (Å²) in [4.78, 5) is 0. The molecule has 0 amide bonds. The first-order valence-electron chi connectivity index (χ1n) is 7.46. The Bertz CT molecular complexity index is 755. The van der Waals surface area contributed by atoms with Gasteiger partial charge in [-0.3, -0.25) is 0 Å². The van der Waals surface area contributed by atoms with Crippen LogP contribution in [-0.2, 0) is 19.9 Å². The van der Waals surface area contributed by atoms with Crippen molar-refractivity contribution in [2.45, 2.75) is 52.3 Å². The molecule has 2 unspecified atom stereocenters. The molecule has 4 N–H and O–H groups in total. The number of aliphatic hydroxyl groups excluding tert-OH is 1. The fraction of sp³-hybridized carbons (Fsp3) is 0.692. The number of thiophene rings is 1. The zero-order valence-electron chi connectivity index (χ0n) is 12.9. The first kappa shape index (κ1) is 18.8. The van der Waals surface area contributed by atoms with Crippen LogP contribution in [0.3, 0.4) is 0 Å². The predicted octanol–water partition coefficient (Wildman–Crippen LogP) is 0.755. The van der Waals surface area contributed by atoms with Crippen LogP contribution in [0.4, 0.5) is 0 Å². The van der Waals surface area contributed by atoms with Crippen molar-refractivity contribution >= 4 is 31.2 Å². The van der Waals surface area contributed by atoms with Crippen molar-refractivity contribution < 1.29 is 21.9 Å². The number of fused-ring (bicyclic) bond motifs is 1. The van der Waals surface area contributed by atoms with Crippen LogP contribution in [0.15, 0.2) is 14.5 Å². The van der Waals surface area contributed by atoms with Gasteiger partial charge in [-0.05, 0) is 38.3 Å². The summed E-state index contributed by atoms with van der Waals surface area (Å²) in [6.07, 6.45) is 2.00. The van der Waals surface area contributed by atoms with Crippen LogP contribution in [0.5, 0.6) is 0 Å². The molecule has 0 aromatic carbocycles. The molecule has 1 aromatic rings. The Morgan fingerprint density at radius 1 is 1.48 bits per heavy atom. The van der Waals surface area contributed by atoms with E-state index in [1.54, 1.807) is 0 Å². The van der Waals surface area contributed by atoms with Gasteiger partial charge in [0.15, 0.2) is 9.84 Å². The zero-order chi connectivity index (χ0) is 17.3. The lowest BCUT2D eigenvalue weighted by Crippen LogP contribution is -2.35. The van der Waals surface area contributed by atoms with Gasteiger partial charge in [-0.25, -0.2) is 22.0 Å². The maximum atomic E-state index is 12.7. The zero-order valence-corrected chi connectivity index (χ0v) is 15.3. The number of hydrogen-bond acceptors (Lipinski definition) is 7. The smallest absolute Gasteiger partial charge is 0.247 e. The molecule has 2 rings (SSSR count). The van der Waals surface area contributed by atoms with Gasteiger partial charge in [0, 0.05) is 18.2 Å². The molecular weight excluding hydrogens is 360 g/mol. The summed E-state index contributed by atoms with van der Waals surface area (Å²) in [5.74, 6) is 0. The van der Waals surface area contributed by atoms with E-state index in [0.29, 0.717) is 31.4 Å². The molecule has 0 spiro atoms. The molecule has 10 heteroatoms. The highest BCUT2D eigenvalue weighted by Crippen LogP contribution is 2.43. The third-order valence-electron chi connectivity index (χ3n) is 3.88. The van der Waals surface area contributed by atoms with Crippen LogP contribution in [0, 0.1) is 0 Å². The van der Waals surface area contributed by atoms with Gasteiger partial charge in [0.1, 0.15) is 8.42 Å². The molecule has 1 aliphatic heterocycles. The van der Waals surface area contributed by atoms with Gasteiger partial charge in [-0.2, -0.15) is 0 Å². The molecule has 2 heterocycles. The molecule has 0 aliphatic carbocycles. The normalized spacial score (nSPS) is 23.6. The van der Waals surface area contributed by atoms with Crippen molar-refractivity contribution in [3.05, 3.63) is 11.6 Å². The maximum Gasteiger partial charge on any atom is 0.247 e. The third-order valence-corrected chi connectivity index (χ3v) is 9.25. The quantitative estimate of drug-likeness (QED) is 0.639. The van der Waals surface area contributed by atoms with Gasteiger partial charge < -0.3 is 10.4 Å². The highest BCUT2D eigenvalue weighted by molar-refractivity contribution is 7.95. The fourth-order valence-electron chi connectivity index (χ4n) is 2.74. The second-order valence-corrected chi connectivity index (χ2v) is 10.9. The Morgan fingerprint density at radius 3 is 2.74 bits per heavy atom. The van der Waals surface area contributed by atoms with Crippen molar-refractivity contribution in [1.29, 1.82) is 0 Å². The Kier molecular flexibility index (Phi) is 5.85. The van der Waals surface area contributed by atoms with E-state index >= 15 is 0 Å². The van der Waals surface area contributed by atoms with Crippen LogP contribution < -0.4 is 10.5 Å². The number of sulfone groups is 1. The van der Waals surface area contributed by atoms with Gasteiger partial charge in [0.25, 0.3) is 0 Å². The molecule has 0 radical (unpaired) electrons. The van der Waals surface area contributed by atoms with Gasteiger partial charge in [-0.1, -0.05) is 6.92 Å². The predicted molar refractivity (Wildman–Crippen MR) is 88.6 cm³/mol. The topological polar surface area (TPSA) is 127 Å².